The summed E-state index contributed by atoms with van der Waals surface area (Å²) in [6, 6.07) is 0. The third-order valence-corrected chi connectivity index (χ3v) is 14.4. The molecule has 3 aliphatic heterocycles. The van der Waals surface area contributed by atoms with Crippen LogP contribution in [0.3, 0.4) is 0 Å². The van der Waals surface area contributed by atoms with Gasteiger partial charge in [-0.25, -0.2) is 4.79 Å². The summed E-state index contributed by atoms with van der Waals surface area (Å²) in [5, 5.41) is 75.2. The molecule has 15 nitrogen and oxygen atoms in total. The van der Waals surface area contributed by atoms with Crippen LogP contribution in [0.1, 0.15) is 79.1 Å². The van der Waals surface area contributed by atoms with Gasteiger partial charge in [0.25, 0.3) is 0 Å². The average molecular weight is 741 g/mol. The lowest BCUT2D eigenvalue weighted by Gasteiger charge is -2.63. The van der Waals surface area contributed by atoms with Crippen LogP contribution < -0.4 is 0 Å². The molecular formula is C37H56O15. The summed E-state index contributed by atoms with van der Waals surface area (Å²) in [6.45, 7) is 6.90. The van der Waals surface area contributed by atoms with Crippen molar-refractivity contribution >= 4 is 11.9 Å². The fraction of sp³-hybridized carbons (Fsp3) is 0.892. The van der Waals surface area contributed by atoms with Crippen LogP contribution in [0.4, 0.5) is 0 Å². The number of aliphatic hydroxyl groups is 7. The summed E-state index contributed by atoms with van der Waals surface area (Å²) >= 11 is 0. The molecule has 0 aromatic heterocycles. The van der Waals surface area contributed by atoms with Crippen LogP contribution in [0.2, 0.25) is 0 Å². The summed E-state index contributed by atoms with van der Waals surface area (Å²) < 4.78 is 34.7. The Kier molecular flexibility index (Phi) is 10.4. The number of hydrogen-bond acceptors (Lipinski definition) is 15. The van der Waals surface area contributed by atoms with Crippen molar-refractivity contribution in [3.8, 4) is 0 Å². The van der Waals surface area contributed by atoms with Crippen molar-refractivity contribution in [1.82, 2.24) is 0 Å². The average Bonchev–Trinajstić information content (AvgIpc) is 3.61. The molecule has 52 heavy (non-hydrogen) atoms. The highest BCUT2D eigenvalue weighted by Crippen LogP contribution is 2.70. The van der Waals surface area contributed by atoms with E-state index in [1.807, 2.05) is 0 Å². The topological polar surface area (TPSA) is 231 Å². The van der Waals surface area contributed by atoms with Gasteiger partial charge in [0.1, 0.15) is 55.4 Å². The minimum Gasteiger partial charge on any atom is -0.462 e. The Morgan fingerprint density at radius 1 is 0.904 bits per heavy atom. The molecule has 0 aromatic carbocycles. The molecule has 3 heterocycles. The largest absolute Gasteiger partial charge is 0.462 e. The molecule has 4 aliphatic carbocycles. The lowest BCUT2D eigenvalue weighted by atomic mass is 9.43. The van der Waals surface area contributed by atoms with Gasteiger partial charge in [-0.3, -0.25) is 4.79 Å². The highest BCUT2D eigenvalue weighted by atomic mass is 16.7. The minimum absolute atomic E-state index is 0.0215. The van der Waals surface area contributed by atoms with Gasteiger partial charge in [-0.2, -0.15) is 0 Å². The molecule has 294 valence electrons. The molecule has 7 rings (SSSR count). The number of rotatable bonds is 7. The normalized spacial score (nSPS) is 53.3. The summed E-state index contributed by atoms with van der Waals surface area (Å²) in [5.74, 6) is -0.667. The number of carbonyl (C=O) groups excluding carboxylic acids is 2. The fourth-order valence-corrected chi connectivity index (χ4v) is 11.7. The quantitative estimate of drug-likeness (QED) is 0.133. The molecule has 0 unspecified atom stereocenters. The molecule has 7 N–H and O–H groups in total. The third-order valence-electron chi connectivity index (χ3n) is 14.4. The first-order valence-corrected chi connectivity index (χ1v) is 18.9. The Morgan fingerprint density at radius 2 is 1.62 bits per heavy atom. The van der Waals surface area contributed by atoms with E-state index in [2.05, 4.69) is 13.8 Å². The lowest BCUT2D eigenvalue weighted by molar-refractivity contribution is -0.360. The van der Waals surface area contributed by atoms with Crippen molar-refractivity contribution < 1.29 is 73.8 Å². The van der Waals surface area contributed by atoms with E-state index in [0.717, 1.165) is 31.3 Å². The summed E-state index contributed by atoms with van der Waals surface area (Å²) in [4.78, 5) is 24.3. The third kappa shape index (κ3) is 6.16. The summed E-state index contributed by atoms with van der Waals surface area (Å²) in [6.07, 6.45) is -7.32. The summed E-state index contributed by atoms with van der Waals surface area (Å²) in [5.41, 5.74) is -1.02. The maximum Gasteiger partial charge on any atom is 0.331 e. The Hall–Kier alpha value is -1.76. The summed E-state index contributed by atoms with van der Waals surface area (Å²) in [7, 11) is 0. The van der Waals surface area contributed by atoms with Gasteiger partial charge in [-0.1, -0.05) is 13.8 Å². The van der Waals surface area contributed by atoms with Crippen molar-refractivity contribution in [1.29, 1.82) is 0 Å². The molecule has 15 heteroatoms. The molecule has 0 radical (unpaired) electrons. The van der Waals surface area contributed by atoms with E-state index in [1.165, 1.54) is 13.0 Å². The molecule has 19 atom stereocenters. The molecule has 0 spiro atoms. The van der Waals surface area contributed by atoms with Gasteiger partial charge >= 0.3 is 11.9 Å². The zero-order chi connectivity index (χ0) is 37.5. The minimum atomic E-state index is -1.68. The molecule has 2 saturated heterocycles. The van der Waals surface area contributed by atoms with Crippen LogP contribution in [0.15, 0.2) is 11.6 Å². The number of fused-ring (bicyclic) bond motifs is 5. The first-order chi connectivity index (χ1) is 24.5. The fourth-order valence-electron chi connectivity index (χ4n) is 11.7. The van der Waals surface area contributed by atoms with Gasteiger partial charge in [0.05, 0.1) is 24.4 Å². The van der Waals surface area contributed by atoms with Crippen molar-refractivity contribution in [2.24, 2.45) is 34.5 Å². The Morgan fingerprint density at radius 3 is 2.29 bits per heavy atom. The highest BCUT2D eigenvalue weighted by Gasteiger charge is 2.71. The van der Waals surface area contributed by atoms with Gasteiger partial charge in [0.15, 0.2) is 12.6 Å². The van der Waals surface area contributed by atoms with Gasteiger partial charge in [0, 0.05) is 30.8 Å². The van der Waals surface area contributed by atoms with Crippen molar-refractivity contribution in [2.75, 3.05) is 13.2 Å². The number of hydrogen-bond donors (Lipinski definition) is 7. The van der Waals surface area contributed by atoms with E-state index in [1.54, 1.807) is 6.92 Å². The first kappa shape index (κ1) is 38.5. The van der Waals surface area contributed by atoms with Gasteiger partial charge in [-0.15, -0.1) is 0 Å². The van der Waals surface area contributed by atoms with Crippen LogP contribution >= 0.6 is 0 Å². The molecule has 7 aliphatic rings. The van der Waals surface area contributed by atoms with E-state index in [4.69, 9.17) is 28.4 Å². The number of ether oxygens (including phenoxy) is 6. The first-order valence-electron chi connectivity index (χ1n) is 18.9. The maximum atomic E-state index is 12.8. The van der Waals surface area contributed by atoms with Crippen LogP contribution in [-0.4, -0.2) is 140 Å². The Balaban J connectivity index is 1.01. The number of esters is 2. The second kappa shape index (κ2) is 14.1. The second-order valence-corrected chi connectivity index (χ2v) is 17.1. The molecule has 0 bridgehead atoms. The number of cyclic esters (lactones) is 1. The Bertz CT molecular complexity index is 1390. The standard InChI is InChI=1S/C37H56O15/c1-16-32(52-34-30(44)28(42)27(41)24(14-38)51-34)29(43)31(45)33(48-16)50-20-7-9-35(3)19(12-20)5-6-22-21(35)8-10-36(4)26(18-11-25(40)47-15-18)23(49-17(2)39)13-37(22,36)46/h11,16,19-24,26-34,38,41-46H,5-10,12-15H2,1-4H3/t16-,19-,20-,21-,22+,23-,24+,26-,27+,28-,29-,30+,31+,32-,33-,34-,35-,36+,37-/m0/s1. The van der Waals surface area contributed by atoms with Crippen LogP contribution in [-0.2, 0) is 38.0 Å². The predicted octanol–water partition coefficient (Wildman–Crippen LogP) is -0.178. The zero-order valence-electron chi connectivity index (χ0n) is 30.3. The maximum absolute atomic E-state index is 12.8. The van der Waals surface area contributed by atoms with E-state index >= 15 is 0 Å². The predicted molar refractivity (Wildman–Crippen MR) is 177 cm³/mol. The van der Waals surface area contributed by atoms with E-state index in [0.29, 0.717) is 25.7 Å². The monoisotopic (exact) mass is 740 g/mol. The van der Waals surface area contributed by atoms with E-state index in [9.17, 15) is 45.3 Å². The molecule has 4 saturated carbocycles. The highest BCUT2D eigenvalue weighted by molar-refractivity contribution is 5.85. The number of carbonyl (C=O) groups is 2. The van der Waals surface area contributed by atoms with Crippen molar-refractivity contribution in [2.45, 2.75) is 158 Å². The number of aliphatic hydroxyl groups excluding tert-OH is 6. The van der Waals surface area contributed by atoms with Crippen molar-refractivity contribution in [3.63, 3.8) is 0 Å². The molecular weight excluding hydrogens is 684 g/mol. The zero-order valence-corrected chi connectivity index (χ0v) is 30.3. The molecule has 0 amide bonds. The molecule has 6 fully saturated rings. The van der Waals surface area contributed by atoms with Crippen molar-refractivity contribution in [3.05, 3.63) is 11.6 Å². The van der Waals surface area contributed by atoms with E-state index < -0.39 is 97.1 Å². The molecule has 0 aromatic rings. The smallest absolute Gasteiger partial charge is 0.331 e. The van der Waals surface area contributed by atoms with Crippen LogP contribution in [0.5, 0.6) is 0 Å². The second-order valence-electron chi connectivity index (χ2n) is 17.1. The van der Waals surface area contributed by atoms with Gasteiger partial charge in [0.2, 0.25) is 0 Å². The van der Waals surface area contributed by atoms with E-state index in [-0.39, 0.29) is 41.8 Å². The lowest BCUT2D eigenvalue weighted by Crippen LogP contribution is -2.64. The van der Waals surface area contributed by atoms with Gasteiger partial charge in [-0.05, 0) is 80.6 Å². The van der Waals surface area contributed by atoms with Crippen LogP contribution in [0, 0.1) is 34.5 Å². The van der Waals surface area contributed by atoms with Crippen LogP contribution in [0.25, 0.3) is 0 Å². The Labute approximate surface area is 303 Å². The SMILES string of the molecule is CC(=O)O[C@H]1C[C@]2(O)[C@@H]3CC[C@H]4C[C@@H](O[C@@H]5O[C@@H](C)[C@H](O[C@@H]6O[C@H](CO)[C@@H](O)[C@H](O)[C@H]6O)[C@@H](O)[C@H]5O)CC[C@]4(C)[C@H]3CC[C@]2(C)[C@H]1C1=CC(=O)OC1. The van der Waals surface area contributed by atoms with Gasteiger partial charge < -0.3 is 64.2 Å².